The zero-order valence-corrected chi connectivity index (χ0v) is 11.6. The third-order valence-electron chi connectivity index (χ3n) is 3.32. The third kappa shape index (κ3) is 2.42. The van der Waals surface area contributed by atoms with Crippen molar-refractivity contribution in [3.63, 3.8) is 0 Å². The van der Waals surface area contributed by atoms with E-state index >= 15 is 0 Å². The zero-order valence-electron chi connectivity index (χ0n) is 10.8. The number of nitrogens with zero attached hydrogens (tertiary/aromatic N) is 1. The Kier molecular flexibility index (Phi) is 3.77. The van der Waals surface area contributed by atoms with Gasteiger partial charge in [-0.05, 0) is 19.4 Å². The lowest BCUT2D eigenvalue weighted by atomic mass is 9.76. The third-order valence-corrected chi connectivity index (χ3v) is 3.67. The van der Waals surface area contributed by atoms with Crippen molar-refractivity contribution < 1.29 is 4.79 Å². The summed E-state index contributed by atoms with van der Waals surface area (Å²) in [6.45, 7) is 3.35. The Morgan fingerprint density at radius 2 is 2.00 bits per heavy atom. The SMILES string of the molecule is CC(=O)C1=C(C)NC(=S)C(C#N)C1c1ccccc1. The predicted molar refractivity (Wildman–Crippen MR) is 77.4 cm³/mol. The topological polar surface area (TPSA) is 52.9 Å². The lowest BCUT2D eigenvalue weighted by Crippen LogP contribution is -2.39. The van der Waals surface area contributed by atoms with Crippen LogP contribution in [0.4, 0.5) is 0 Å². The van der Waals surface area contributed by atoms with Gasteiger partial charge in [0.05, 0.1) is 11.1 Å². The van der Waals surface area contributed by atoms with Crippen LogP contribution >= 0.6 is 12.2 Å². The summed E-state index contributed by atoms with van der Waals surface area (Å²) < 4.78 is 0. The molecular weight excluding hydrogens is 256 g/mol. The van der Waals surface area contributed by atoms with Crippen molar-refractivity contribution >= 4 is 23.0 Å². The summed E-state index contributed by atoms with van der Waals surface area (Å²) >= 11 is 5.24. The molecule has 0 saturated carbocycles. The molecule has 1 aliphatic heterocycles. The van der Waals surface area contributed by atoms with Crippen molar-refractivity contribution in [3.8, 4) is 6.07 Å². The summed E-state index contributed by atoms with van der Waals surface area (Å²) in [5.41, 5.74) is 2.34. The average Bonchev–Trinajstić information content (AvgIpc) is 2.38. The quantitative estimate of drug-likeness (QED) is 0.840. The van der Waals surface area contributed by atoms with E-state index < -0.39 is 5.92 Å². The Hall–Kier alpha value is -1.99. The predicted octanol–water partition coefficient (Wildman–Crippen LogP) is 2.70. The summed E-state index contributed by atoms with van der Waals surface area (Å²) in [6, 6.07) is 11.8. The van der Waals surface area contributed by atoms with Crippen LogP contribution in [0.15, 0.2) is 41.6 Å². The van der Waals surface area contributed by atoms with Crippen molar-refractivity contribution in [2.75, 3.05) is 0 Å². The maximum Gasteiger partial charge on any atom is 0.158 e. The van der Waals surface area contributed by atoms with Crippen LogP contribution in [-0.2, 0) is 4.79 Å². The molecule has 1 aliphatic rings. The lowest BCUT2D eigenvalue weighted by molar-refractivity contribution is -0.114. The van der Waals surface area contributed by atoms with Crippen LogP contribution in [0.5, 0.6) is 0 Å². The van der Waals surface area contributed by atoms with Crippen LogP contribution in [0.2, 0.25) is 0 Å². The molecule has 1 heterocycles. The van der Waals surface area contributed by atoms with Crippen LogP contribution in [0, 0.1) is 17.2 Å². The maximum absolute atomic E-state index is 11.9. The summed E-state index contributed by atoms with van der Waals surface area (Å²) in [7, 11) is 0. The fourth-order valence-electron chi connectivity index (χ4n) is 2.52. The molecule has 2 rings (SSSR count). The highest BCUT2D eigenvalue weighted by molar-refractivity contribution is 7.80. The number of hydrogen-bond donors (Lipinski definition) is 1. The van der Waals surface area contributed by atoms with Gasteiger partial charge < -0.3 is 5.32 Å². The summed E-state index contributed by atoms with van der Waals surface area (Å²) in [6.07, 6.45) is 0. The normalized spacial score (nSPS) is 22.7. The van der Waals surface area contributed by atoms with Crippen LogP contribution in [0.3, 0.4) is 0 Å². The molecule has 0 fully saturated rings. The van der Waals surface area contributed by atoms with E-state index in [0.717, 1.165) is 11.3 Å². The molecule has 1 aromatic rings. The van der Waals surface area contributed by atoms with Crippen LogP contribution in [-0.4, -0.2) is 10.8 Å². The molecule has 0 bridgehead atoms. The second-order valence-corrected chi connectivity index (χ2v) is 5.02. The van der Waals surface area contributed by atoms with Gasteiger partial charge in [0.25, 0.3) is 0 Å². The largest absolute Gasteiger partial charge is 0.352 e. The first-order chi connectivity index (χ1) is 9.06. The van der Waals surface area contributed by atoms with Gasteiger partial charge >= 0.3 is 0 Å². The first-order valence-corrected chi connectivity index (χ1v) is 6.44. The number of carbonyl (C=O) groups excluding carboxylic acids is 1. The van der Waals surface area contributed by atoms with Gasteiger partial charge in [-0.25, -0.2) is 0 Å². The Morgan fingerprint density at radius 1 is 1.37 bits per heavy atom. The monoisotopic (exact) mass is 270 g/mol. The van der Waals surface area contributed by atoms with E-state index in [4.69, 9.17) is 12.2 Å². The highest BCUT2D eigenvalue weighted by Gasteiger charge is 2.36. The summed E-state index contributed by atoms with van der Waals surface area (Å²) in [5.74, 6) is -0.806. The molecule has 19 heavy (non-hydrogen) atoms. The van der Waals surface area contributed by atoms with Crippen molar-refractivity contribution in [2.45, 2.75) is 19.8 Å². The Labute approximate surface area is 117 Å². The summed E-state index contributed by atoms with van der Waals surface area (Å²) in [4.78, 5) is 12.4. The number of nitriles is 1. The molecular formula is C15H14N2OS. The molecule has 4 heteroatoms. The Balaban J connectivity index is 2.62. The molecule has 3 nitrogen and oxygen atoms in total. The second kappa shape index (κ2) is 5.33. The number of benzene rings is 1. The van der Waals surface area contributed by atoms with E-state index in [1.54, 1.807) is 0 Å². The molecule has 0 aromatic heterocycles. The number of rotatable bonds is 2. The van der Waals surface area contributed by atoms with E-state index in [-0.39, 0.29) is 11.7 Å². The number of ketones is 1. The van der Waals surface area contributed by atoms with Crippen LogP contribution < -0.4 is 5.32 Å². The molecule has 2 unspecified atom stereocenters. The number of Topliss-reactive ketones (excluding diaryl/α,β-unsaturated/α-hetero) is 1. The van der Waals surface area contributed by atoms with Gasteiger partial charge in [-0.3, -0.25) is 4.79 Å². The van der Waals surface area contributed by atoms with Crippen LogP contribution in [0.1, 0.15) is 25.3 Å². The first kappa shape index (κ1) is 13.4. The minimum absolute atomic E-state index is 0.0263. The molecule has 0 aliphatic carbocycles. The number of thiocarbonyl (C=S) groups is 1. The molecule has 0 radical (unpaired) electrons. The standard InChI is InChI=1S/C15H14N2OS/c1-9-13(10(2)18)14(11-6-4-3-5-7-11)12(8-16)15(19)17-9/h3-7,12,14H,1-2H3,(H,17,19). The van der Waals surface area contributed by atoms with Gasteiger partial charge in [-0.15, -0.1) is 0 Å². The fourth-order valence-corrected chi connectivity index (χ4v) is 2.86. The van der Waals surface area contributed by atoms with Crippen molar-refractivity contribution in [3.05, 3.63) is 47.2 Å². The molecule has 96 valence electrons. The lowest BCUT2D eigenvalue weighted by Gasteiger charge is -2.31. The number of hydrogen-bond acceptors (Lipinski definition) is 3. The highest BCUT2D eigenvalue weighted by Crippen LogP contribution is 2.37. The summed E-state index contributed by atoms with van der Waals surface area (Å²) in [5, 5.41) is 12.3. The molecule has 1 N–H and O–H groups in total. The number of nitrogens with one attached hydrogen (secondary N) is 1. The second-order valence-electron chi connectivity index (χ2n) is 4.58. The molecule has 0 amide bonds. The Morgan fingerprint density at radius 3 is 2.53 bits per heavy atom. The zero-order chi connectivity index (χ0) is 14.0. The maximum atomic E-state index is 11.9. The van der Waals surface area contributed by atoms with Gasteiger partial charge in [-0.1, -0.05) is 42.5 Å². The van der Waals surface area contributed by atoms with Gasteiger partial charge in [0.15, 0.2) is 5.78 Å². The van der Waals surface area contributed by atoms with E-state index in [2.05, 4.69) is 11.4 Å². The van der Waals surface area contributed by atoms with Crippen molar-refractivity contribution in [1.82, 2.24) is 5.32 Å². The van der Waals surface area contributed by atoms with E-state index in [0.29, 0.717) is 10.6 Å². The average molecular weight is 270 g/mol. The van der Waals surface area contributed by atoms with Crippen LogP contribution in [0.25, 0.3) is 0 Å². The highest BCUT2D eigenvalue weighted by atomic mass is 32.1. The first-order valence-electron chi connectivity index (χ1n) is 6.03. The Bertz CT molecular complexity index is 598. The van der Waals surface area contributed by atoms with Crippen molar-refractivity contribution in [2.24, 2.45) is 5.92 Å². The van der Waals surface area contributed by atoms with Crippen molar-refractivity contribution in [1.29, 1.82) is 5.26 Å². The van der Waals surface area contributed by atoms with Gasteiger partial charge in [0.2, 0.25) is 0 Å². The molecule has 1 aromatic carbocycles. The van der Waals surface area contributed by atoms with E-state index in [1.165, 1.54) is 6.92 Å². The minimum atomic E-state index is -0.500. The van der Waals surface area contributed by atoms with E-state index in [1.807, 2.05) is 37.3 Å². The molecule has 2 atom stereocenters. The molecule has 0 spiro atoms. The number of carbonyl (C=O) groups is 1. The minimum Gasteiger partial charge on any atom is -0.352 e. The van der Waals surface area contributed by atoms with Gasteiger partial charge in [-0.2, -0.15) is 5.26 Å². The fraction of sp³-hybridized carbons (Fsp3) is 0.267. The van der Waals surface area contributed by atoms with Gasteiger partial charge in [0, 0.05) is 17.2 Å². The van der Waals surface area contributed by atoms with Gasteiger partial charge in [0.1, 0.15) is 5.92 Å². The smallest absolute Gasteiger partial charge is 0.158 e. The number of allylic oxidation sites excluding steroid dienone is 2. The molecule has 0 saturated heterocycles. The van der Waals surface area contributed by atoms with E-state index in [9.17, 15) is 10.1 Å².